The molecule has 0 saturated carbocycles. The third-order valence-electron chi connectivity index (χ3n) is 5.21. The Bertz CT molecular complexity index is 860. The number of thiophene rings is 1. The predicted octanol–water partition coefficient (Wildman–Crippen LogP) is 3.40. The van der Waals surface area contributed by atoms with Gasteiger partial charge in [-0.05, 0) is 48.2 Å². The minimum atomic E-state index is -0.149. The first-order valence-corrected chi connectivity index (χ1v) is 10.7. The Morgan fingerprint density at radius 2 is 1.75 bits per heavy atom. The number of hydrogen-bond acceptors (Lipinski definition) is 6. The molecule has 0 unspecified atom stereocenters. The normalized spacial score (nSPS) is 17.7. The zero-order chi connectivity index (χ0) is 19.6. The van der Waals surface area contributed by atoms with Gasteiger partial charge < -0.3 is 0 Å². The highest BCUT2D eigenvalue weighted by atomic mass is 32.1. The monoisotopic (exact) mass is 396 g/mol. The first-order valence-electron chi connectivity index (χ1n) is 9.85. The van der Waals surface area contributed by atoms with Crippen LogP contribution in [0.4, 0.5) is 0 Å². The fourth-order valence-corrected chi connectivity index (χ4v) is 4.64. The molecule has 0 amide bonds. The molecule has 7 heteroatoms. The number of tetrazole rings is 1. The number of rotatable bonds is 5. The zero-order valence-corrected chi connectivity index (χ0v) is 17.6. The minimum Gasteiger partial charge on any atom is -0.297 e. The van der Waals surface area contributed by atoms with Gasteiger partial charge in [0.15, 0.2) is 5.82 Å². The van der Waals surface area contributed by atoms with Gasteiger partial charge in [-0.2, -0.15) is 0 Å². The molecule has 6 nitrogen and oxygen atoms in total. The average Bonchev–Trinajstić information content (AvgIpc) is 3.37. The molecule has 1 aliphatic heterocycles. The van der Waals surface area contributed by atoms with Crippen molar-refractivity contribution in [2.45, 2.75) is 38.9 Å². The lowest BCUT2D eigenvalue weighted by molar-refractivity contribution is 0.0991. The van der Waals surface area contributed by atoms with Crippen LogP contribution in [-0.2, 0) is 12.1 Å². The molecule has 0 aliphatic carbocycles. The van der Waals surface area contributed by atoms with Crippen LogP contribution in [0.25, 0.3) is 0 Å². The van der Waals surface area contributed by atoms with E-state index in [0.717, 1.165) is 38.5 Å². The second kappa shape index (κ2) is 8.11. The van der Waals surface area contributed by atoms with Crippen molar-refractivity contribution in [1.29, 1.82) is 0 Å². The third kappa shape index (κ3) is 4.16. The van der Waals surface area contributed by atoms with Crippen molar-refractivity contribution in [1.82, 2.24) is 30.0 Å². The predicted molar refractivity (Wildman–Crippen MR) is 112 cm³/mol. The summed E-state index contributed by atoms with van der Waals surface area (Å²) in [5, 5.41) is 14.9. The fraction of sp³-hybridized carbons (Fsp3) is 0.476. The summed E-state index contributed by atoms with van der Waals surface area (Å²) in [7, 11) is 0. The van der Waals surface area contributed by atoms with Crippen LogP contribution in [0, 0.1) is 0 Å². The lowest BCUT2D eigenvalue weighted by Crippen LogP contribution is -2.48. The van der Waals surface area contributed by atoms with Gasteiger partial charge in [-0.25, -0.2) is 4.68 Å². The van der Waals surface area contributed by atoms with Crippen molar-refractivity contribution < 1.29 is 0 Å². The minimum absolute atomic E-state index is 0.105. The molecule has 4 rings (SSSR count). The van der Waals surface area contributed by atoms with E-state index in [1.165, 1.54) is 10.4 Å². The molecule has 0 spiro atoms. The molecule has 0 radical (unpaired) electrons. The topological polar surface area (TPSA) is 50.1 Å². The molecule has 3 heterocycles. The summed E-state index contributed by atoms with van der Waals surface area (Å²) in [6.45, 7) is 11.6. The Kier molecular flexibility index (Phi) is 5.57. The van der Waals surface area contributed by atoms with E-state index in [1.807, 2.05) is 4.68 Å². The van der Waals surface area contributed by atoms with E-state index in [-0.39, 0.29) is 11.6 Å². The standard InChI is InChI=1S/C21H28N6S/c1-21(2,3)27-20(22-23-24-27)19(18-10-7-15-28-18)26-13-11-25(12-14-26)16-17-8-5-4-6-9-17/h4-10,15,19H,11-14,16H2,1-3H3/t19-/m0/s1. The van der Waals surface area contributed by atoms with Crippen molar-refractivity contribution in [3.8, 4) is 0 Å². The molecular formula is C21H28N6S. The first-order chi connectivity index (χ1) is 13.5. The molecule has 1 saturated heterocycles. The van der Waals surface area contributed by atoms with Crippen molar-refractivity contribution in [2.24, 2.45) is 0 Å². The van der Waals surface area contributed by atoms with Crippen molar-refractivity contribution in [2.75, 3.05) is 26.2 Å². The Morgan fingerprint density at radius 1 is 1.00 bits per heavy atom. The van der Waals surface area contributed by atoms with E-state index >= 15 is 0 Å². The zero-order valence-electron chi connectivity index (χ0n) is 16.8. The smallest absolute Gasteiger partial charge is 0.174 e. The molecule has 148 valence electrons. The SMILES string of the molecule is CC(C)(C)n1nnnc1[C@H](c1cccs1)N1CCN(Cc2ccccc2)CC1. The molecule has 1 aliphatic rings. The van der Waals surface area contributed by atoms with E-state index in [2.05, 4.69) is 93.9 Å². The largest absolute Gasteiger partial charge is 0.297 e. The molecule has 3 aromatic rings. The summed E-state index contributed by atoms with van der Waals surface area (Å²) in [4.78, 5) is 6.36. The number of piperazine rings is 1. The highest BCUT2D eigenvalue weighted by Crippen LogP contribution is 2.33. The van der Waals surface area contributed by atoms with Crippen LogP contribution in [0.5, 0.6) is 0 Å². The Labute approximate surface area is 170 Å². The maximum Gasteiger partial charge on any atom is 0.174 e. The second-order valence-electron chi connectivity index (χ2n) is 8.34. The number of nitrogens with zero attached hydrogens (tertiary/aromatic N) is 6. The van der Waals surface area contributed by atoms with Crippen LogP contribution < -0.4 is 0 Å². The maximum atomic E-state index is 4.45. The Balaban J connectivity index is 1.53. The van der Waals surface area contributed by atoms with Crippen LogP contribution in [0.1, 0.15) is 43.1 Å². The first kappa shape index (κ1) is 19.2. The second-order valence-corrected chi connectivity index (χ2v) is 9.31. The lowest BCUT2D eigenvalue weighted by atomic mass is 10.1. The quantitative estimate of drug-likeness (QED) is 0.662. The van der Waals surface area contributed by atoms with Gasteiger partial charge in [-0.3, -0.25) is 9.80 Å². The third-order valence-corrected chi connectivity index (χ3v) is 6.13. The average molecular weight is 397 g/mol. The fourth-order valence-electron chi connectivity index (χ4n) is 3.78. The van der Waals surface area contributed by atoms with Crippen LogP contribution in [-0.4, -0.2) is 56.2 Å². The van der Waals surface area contributed by atoms with E-state index in [4.69, 9.17) is 0 Å². The number of hydrogen-bond donors (Lipinski definition) is 0. The van der Waals surface area contributed by atoms with Crippen molar-refractivity contribution in [3.05, 3.63) is 64.1 Å². The summed E-state index contributed by atoms with van der Waals surface area (Å²) in [6.07, 6.45) is 0. The number of aromatic nitrogens is 4. The van der Waals surface area contributed by atoms with Gasteiger partial charge in [0, 0.05) is 37.6 Å². The maximum absolute atomic E-state index is 4.45. The Hall–Kier alpha value is -2.09. The van der Waals surface area contributed by atoms with Crippen molar-refractivity contribution in [3.63, 3.8) is 0 Å². The van der Waals surface area contributed by atoms with Crippen LogP contribution in [0.2, 0.25) is 0 Å². The van der Waals surface area contributed by atoms with E-state index in [1.54, 1.807) is 11.3 Å². The molecule has 1 fully saturated rings. The van der Waals surface area contributed by atoms with Crippen LogP contribution in [0.15, 0.2) is 47.8 Å². The number of benzene rings is 1. The van der Waals surface area contributed by atoms with E-state index in [0.29, 0.717) is 0 Å². The van der Waals surface area contributed by atoms with E-state index in [9.17, 15) is 0 Å². The van der Waals surface area contributed by atoms with Gasteiger partial charge in [0.25, 0.3) is 0 Å². The van der Waals surface area contributed by atoms with Gasteiger partial charge in [-0.15, -0.1) is 16.4 Å². The van der Waals surface area contributed by atoms with Gasteiger partial charge >= 0.3 is 0 Å². The van der Waals surface area contributed by atoms with Gasteiger partial charge in [0.1, 0.15) is 6.04 Å². The van der Waals surface area contributed by atoms with E-state index < -0.39 is 0 Å². The summed E-state index contributed by atoms with van der Waals surface area (Å²) >= 11 is 1.78. The molecule has 0 bridgehead atoms. The highest BCUT2D eigenvalue weighted by Gasteiger charge is 2.33. The summed E-state index contributed by atoms with van der Waals surface area (Å²) < 4.78 is 1.98. The molecule has 1 aromatic carbocycles. The van der Waals surface area contributed by atoms with Crippen molar-refractivity contribution >= 4 is 11.3 Å². The summed E-state index contributed by atoms with van der Waals surface area (Å²) in [5.41, 5.74) is 1.23. The summed E-state index contributed by atoms with van der Waals surface area (Å²) in [6, 6.07) is 15.1. The van der Waals surface area contributed by atoms with Crippen LogP contribution >= 0.6 is 11.3 Å². The highest BCUT2D eigenvalue weighted by molar-refractivity contribution is 7.10. The molecule has 0 N–H and O–H groups in total. The molecule has 1 atom stereocenters. The van der Waals surface area contributed by atoms with Crippen LogP contribution in [0.3, 0.4) is 0 Å². The van der Waals surface area contributed by atoms with Gasteiger partial charge in [0.2, 0.25) is 0 Å². The lowest BCUT2D eigenvalue weighted by Gasteiger charge is -2.39. The Morgan fingerprint density at radius 3 is 2.39 bits per heavy atom. The van der Waals surface area contributed by atoms with Gasteiger partial charge in [0.05, 0.1) is 5.54 Å². The van der Waals surface area contributed by atoms with Gasteiger partial charge in [-0.1, -0.05) is 36.4 Å². The molecule has 28 heavy (non-hydrogen) atoms. The molecule has 2 aromatic heterocycles. The summed E-state index contributed by atoms with van der Waals surface area (Å²) in [5.74, 6) is 0.937. The molecular weight excluding hydrogens is 368 g/mol.